The Hall–Kier alpha value is -6.12. The number of para-hydroxylation sites is 1. The van der Waals surface area contributed by atoms with Gasteiger partial charge in [0, 0.05) is 27.3 Å². The summed E-state index contributed by atoms with van der Waals surface area (Å²) in [6.45, 7) is 0. The Kier molecular flexibility index (Phi) is 3.11. The van der Waals surface area contributed by atoms with E-state index in [1.54, 1.807) is 42.5 Å². The summed E-state index contributed by atoms with van der Waals surface area (Å²) in [5.41, 5.74) is 1.44. The zero-order valence-corrected chi connectivity index (χ0v) is 23.7. The molecule has 0 spiro atoms. The Balaban J connectivity index is 1.53. The molecule has 10 aromatic rings. The molecule has 0 aliphatic rings. The number of hydrogen-bond donors (Lipinski definition) is 0. The zero-order chi connectivity index (χ0) is 43.2. The van der Waals surface area contributed by atoms with Gasteiger partial charge in [-0.2, -0.15) is 0 Å². The molecule has 0 atom stereocenters. The van der Waals surface area contributed by atoms with Gasteiger partial charge in [-0.05, 0) is 67.2 Å². The first-order valence-electron chi connectivity index (χ1n) is 22.0. The van der Waals surface area contributed by atoms with E-state index in [0.717, 1.165) is 5.39 Å². The Morgan fingerprint density at radius 3 is 1.74 bits per heavy atom. The van der Waals surface area contributed by atoms with Gasteiger partial charge < -0.3 is 8.83 Å². The monoisotopic (exact) mass is 601 g/mol. The topological polar surface area (TPSA) is 26.3 Å². The maximum Gasteiger partial charge on any atom is 0.144 e. The lowest BCUT2D eigenvalue weighted by atomic mass is 9.85. The lowest BCUT2D eigenvalue weighted by Gasteiger charge is -2.18. The van der Waals surface area contributed by atoms with Crippen LogP contribution >= 0.6 is 0 Å². The van der Waals surface area contributed by atoms with Gasteiger partial charge in [-0.3, -0.25) is 0 Å². The SMILES string of the molecule is [2H]c1c([2H])c([2H])c2c(-c3c4c([2H])c([2H])c([2H])c([2H])c4c(-c4oc5cc6c(cc5c4-c4ccccc4)oc4ccccc46)c4c([2H])c([2H])c([2H])c([2H])c34)c([2H])c([2H])c([2H])c2c1[2H]. The summed E-state index contributed by atoms with van der Waals surface area (Å²) in [7, 11) is 0. The molecule has 8 aromatic carbocycles. The molecule has 0 saturated heterocycles. The van der Waals surface area contributed by atoms with Crippen LogP contribution in [0.25, 0.3) is 98.8 Å². The summed E-state index contributed by atoms with van der Waals surface area (Å²) in [6.07, 6.45) is 0. The Morgan fingerprint density at radius 2 is 0.978 bits per heavy atom. The van der Waals surface area contributed by atoms with Gasteiger partial charge in [0.15, 0.2) is 0 Å². The predicted octanol–water partition coefficient (Wildman–Crippen LogP) is 12.8. The highest BCUT2D eigenvalue weighted by molar-refractivity contribution is 6.25. The van der Waals surface area contributed by atoms with Gasteiger partial charge in [0.1, 0.15) is 22.5 Å². The Morgan fingerprint density at radius 1 is 0.391 bits per heavy atom. The summed E-state index contributed by atoms with van der Waals surface area (Å²) >= 11 is 0. The molecular weight excluding hydrogens is 560 g/mol. The van der Waals surface area contributed by atoms with Crippen LogP contribution in [-0.4, -0.2) is 0 Å². The number of furan rings is 2. The Bertz CT molecular complexity index is 3560. The standard InChI is InChI=1S/C44H26O2/c1-2-14-28(15-3-1)41-37-26-39-36(30-18-10-11-24-38(30)45-39)25-40(37)46-44(41)43-34-21-8-6-19-32(34)42(33-20-7-9-22-35(33)43)31-23-12-16-27-13-4-5-17-29(27)31/h1-26H/i4D,5D,6D,7D,8D,9D,12D,13D,16D,17D,19D,20D,21D,22D,23D. The first-order valence-corrected chi connectivity index (χ1v) is 14.5. The molecule has 0 unspecified atom stereocenters. The molecule has 0 fully saturated rings. The van der Waals surface area contributed by atoms with E-state index in [4.69, 9.17) is 22.5 Å². The van der Waals surface area contributed by atoms with Gasteiger partial charge in [-0.15, -0.1) is 0 Å². The van der Waals surface area contributed by atoms with Crippen LogP contribution in [0.5, 0.6) is 0 Å². The van der Waals surface area contributed by atoms with E-state index in [9.17, 15) is 6.85 Å². The summed E-state index contributed by atoms with van der Waals surface area (Å²) < 4.78 is 148. The summed E-state index contributed by atoms with van der Waals surface area (Å²) in [5, 5.41) is -0.150. The van der Waals surface area contributed by atoms with Crippen molar-refractivity contribution >= 4 is 65.2 Å². The van der Waals surface area contributed by atoms with Gasteiger partial charge in [0.05, 0.1) is 20.6 Å². The summed E-state index contributed by atoms with van der Waals surface area (Å²) in [4.78, 5) is 0. The second-order valence-corrected chi connectivity index (χ2v) is 10.9. The van der Waals surface area contributed by atoms with Crippen LogP contribution in [0.15, 0.2) is 166 Å². The second-order valence-electron chi connectivity index (χ2n) is 10.9. The predicted molar refractivity (Wildman–Crippen MR) is 192 cm³/mol. The van der Waals surface area contributed by atoms with Crippen molar-refractivity contribution in [3.05, 3.63) is 157 Å². The van der Waals surface area contributed by atoms with E-state index in [2.05, 4.69) is 0 Å². The van der Waals surface area contributed by atoms with Gasteiger partial charge in [-0.1, -0.05) is 139 Å². The van der Waals surface area contributed by atoms with Crippen molar-refractivity contribution in [2.45, 2.75) is 0 Å². The van der Waals surface area contributed by atoms with E-state index in [1.165, 1.54) is 0 Å². The van der Waals surface area contributed by atoms with Crippen LogP contribution in [0, 0.1) is 0 Å². The van der Waals surface area contributed by atoms with Gasteiger partial charge in [-0.25, -0.2) is 0 Å². The van der Waals surface area contributed by atoms with Crippen molar-refractivity contribution < 1.29 is 29.4 Å². The third-order valence-corrected chi connectivity index (χ3v) is 8.41. The van der Waals surface area contributed by atoms with E-state index >= 15 is 0 Å². The molecule has 0 saturated carbocycles. The van der Waals surface area contributed by atoms with Crippen LogP contribution in [0.1, 0.15) is 20.6 Å². The largest absolute Gasteiger partial charge is 0.456 e. The third-order valence-electron chi connectivity index (χ3n) is 8.41. The van der Waals surface area contributed by atoms with Crippen molar-refractivity contribution in [2.24, 2.45) is 0 Å². The molecule has 214 valence electrons. The fourth-order valence-corrected chi connectivity index (χ4v) is 6.48. The van der Waals surface area contributed by atoms with Crippen LogP contribution in [0.4, 0.5) is 0 Å². The van der Waals surface area contributed by atoms with E-state index < -0.39 is 113 Å². The molecule has 0 aliphatic carbocycles. The molecule has 0 amide bonds. The molecule has 2 heterocycles. The zero-order valence-electron chi connectivity index (χ0n) is 38.7. The van der Waals surface area contributed by atoms with Crippen molar-refractivity contribution in [3.8, 4) is 33.6 Å². The smallest absolute Gasteiger partial charge is 0.144 e. The molecule has 10 rings (SSSR count). The van der Waals surface area contributed by atoms with Gasteiger partial charge in [0.2, 0.25) is 0 Å². The summed E-state index contributed by atoms with van der Waals surface area (Å²) in [6, 6.07) is 9.27. The minimum atomic E-state index is -0.778. The van der Waals surface area contributed by atoms with E-state index in [1.807, 2.05) is 24.3 Å². The second kappa shape index (κ2) is 9.69. The van der Waals surface area contributed by atoms with Crippen LogP contribution < -0.4 is 0 Å². The van der Waals surface area contributed by atoms with Crippen LogP contribution in [0.2, 0.25) is 0 Å². The average Bonchev–Trinajstić information content (AvgIpc) is 3.82. The number of benzene rings is 8. The third kappa shape index (κ3) is 3.59. The Labute approximate surface area is 285 Å². The van der Waals surface area contributed by atoms with Crippen molar-refractivity contribution in [1.29, 1.82) is 0 Å². The quantitative estimate of drug-likeness (QED) is 0.188. The van der Waals surface area contributed by atoms with E-state index in [0.29, 0.717) is 38.6 Å². The number of fused-ring (bicyclic) bond motifs is 7. The normalized spacial score (nSPS) is 16.5. The highest BCUT2D eigenvalue weighted by Gasteiger charge is 2.25. The molecule has 2 nitrogen and oxygen atoms in total. The number of hydrogen-bond acceptors (Lipinski definition) is 2. The van der Waals surface area contributed by atoms with Gasteiger partial charge >= 0.3 is 0 Å². The molecule has 0 bridgehead atoms. The molecule has 2 heteroatoms. The highest BCUT2D eigenvalue weighted by atomic mass is 16.3. The van der Waals surface area contributed by atoms with Crippen molar-refractivity contribution in [1.82, 2.24) is 0 Å². The van der Waals surface area contributed by atoms with Gasteiger partial charge in [0.25, 0.3) is 0 Å². The number of rotatable bonds is 3. The lowest BCUT2D eigenvalue weighted by Crippen LogP contribution is -1.92. The first-order chi connectivity index (χ1) is 29.1. The van der Waals surface area contributed by atoms with Crippen molar-refractivity contribution in [3.63, 3.8) is 0 Å². The fraction of sp³-hybridized carbons (Fsp3) is 0. The minimum absolute atomic E-state index is 0.0182. The molecule has 0 N–H and O–H groups in total. The summed E-state index contributed by atoms with van der Waals surface area (Å²) in [5.74, 6) is -0.0182. The molecule has 46 heavy (non-hydrogen) atoms. The maximum atomic E-state index is 9.52. The minimum Gasteiger partial charge on any atom is -0.456 e. The average molecular weight is 602 g/mol. The lowest BCUT2D eigenvalue weighted by molar-refractivity contribution is 0.633. The fourth-order valence-electron chi connectivity index (χ4n) is 6.48. The van der Waals surface area contributed by atoms with Crippen LogP contribution in [0.3, 0.4) is 0 Å². The van der Waals surface area contributed by atoms with Crippen molar-refractivity contribution in [2.75, 3.05) is 0 Å². The van der Waals surface area contributed by atoms with E-state index in [-0.39, 0.29) is 32.9 Å². The van der Waals surface area contributed by atoms with Crippen LogP contribution in [-0.2, 0) is 0 Å². The molecule has 2 aromatic heterocycles. The molecular formula is C44H26O2. The molecule has 0 radical (unpaired) electrons. The molecule has 0 aliphatic heterocycles. The first kappa shape index (κ1) is 14.8. The highest BCUT2D eigenvalue weighted by Crippen LogP contribution is 2.50. The maximum absolute atomic E-state index is 9.52.